The van der Waals surface area contributed by atoms with Crippen molar-refractivity contribution in [2.24, 2.45) is 0 Å². The van der Waals surface area contributed by atoms with E-state index in [9.17, 15) is 9.18 Å². The third kappa shape index (κ3) is 3.94. The number of nitrogens with zero attached hydrogens (tertiary/aromatic N) is 1. The molecule has 0 radical (unpaired) electrons. The van der Waals surface area contributed by atoms with Gasteiger partial charge in [0.15, 0.2) is 11.0 Å². The Bertz CT molecular complexity index is 1090. The zero-order chi connectivity index (χ0) is 20.2. The normalized spacial score (nSPS) is 11.8. The predicted octanol–water partition coefficient (Wildman–Crippen LogP) is 4.76. The molecule has 1 N–H and O–H groups in total. The molecule has 3 aromatic rings. The first-order valence-corrected chi connectivity index (χ1v) is 9.40. The van der Waals surface area contributed by atoms with Gasteiger partial charge in [-0.2, -0.15) is 0 Å². The third-order valence-corrected chi connectivity index (χ3v) is 5.00. The maximum Gasteiger partial charge on any atom is 0.407 e. The van der Waals surface area contributed by atoms with Crippen LogP contribution in [-0.2, 0) is 4.74 Å². The summed E-state index contributed by atoms with van der Waals surface area (Å²) in [6, 6.07) is 17.7. The number of ether oxygens (including phenoxy) is 1. The first kappa shape index (κ1) is 19.0. The molecule has 4 rings (SSSR count). The average molecular weight is 407 g/mol. The lowest BCUT2D eigenvalue weighted by Gasteiger charge is -2.14. The van der Waals surface area contributed by atoms with E-state index in [1.54, 1.807) is 0 Å². The van der Waals surface area contributed by atoms with E-state index in [0.717, 1.165) is 11.1 Å². The van der Waals surface area contributed by atoms with Gasteiger partial charge in [-0.15, -0.1) is 0 Å². The SMILES string of the molecule is O=C(NCC#Cc1ccnc(Cl)c1F)OCC1c2ccccc2-c2ccccc21. The zero-order valence-electron chi connectivity index (χ0n) is 15.3. The third-order valence-electron chi connectivity index (χ3n) is 4.73. The molecule has 0 spiro atoms. The maximum absolute atomic E-state index is 13.7. The Hall–Kier alpha value is -3.36. The predicted molar refractivity (Wildman–Crippen MR) is 109 cm³/mol. The van der Waals surface area contributed by atoms with E-state index < -0.39 is 11.9 Å². The van der Waals surface area contributed by atoms with E-state index in [0.29, 0.717) is 0 Å². The summed E-state index contributed by atoms with van der Waals surface area (Å²) in [6.45, 7) is 0.248. The molecule has 2 aromatic carbocycles. The fourth-order valence-electron chi connectivity index (χ4n) is 3.42. The van der Waals surface area contributed by atoms with Gasteiger partial charge >= 0.3 is 6.09 Å². The minimum absolute atomic E-state index is 0.00714. The minimum Gasteiger partial charge on any atom is -0.449 e. The van der Waals surface area contributed by atoms with Crippen LogP contribution >= 0.6 is 11.6 Å². The van der Waals surface area contributed by atoms with Crippen molar-refractivity contribution in [3.8, 4) is 23.0 Å². The Balaban J connectivity index is 1.36. The molecule has 1 heterocycles. The van der Waals surface area contributed by atoms with Crippen molar-refractivity contribution in [2.75, 3.05) is 13.2 Å². The number of hydrogen-bond donors (Lipinski definition) is 1. The standard InChI is InChI=1S/C23H16ClFN2O2/c24-22-21(25)15(11-13-26-22)6-5-12-27-23(28)29-14-20-18-9-3-1-7-16(18)17-8-2-4-10-19(17)20/h1-4,7-11,13,20H,12,14H2,(H,27,28). The van der Waals surface area contributed by atoms with E-state index in [-0.39, 0.29) is 29.8 Å². The summed E-state index contributed by atoms with van der Waals surface area (Å²) in [5.41, 5.74) is 4.75. The molecule has 0 saturated heterocycles. The van der Waals surface area contributed by atoms with E-state index in [4.69, 9.17) is 16.3 Å². The van der Waals surface area contributed by atoms with Crippen molar-refractivity contribution in [2.45, 2.75) is 5.92 Å². The fourth-order valence-corrected chi connectivity index (χ4v) is 3.58. The van der Waals surface area contributed by atoms with Crippen LogP contribution in [-0.4, -0.2) is 24.2 Å². The van der Waals surface area contributed by atoms with Crippen LogP contribution in [0.3, 0.4) is 0 Å². The van der Waals surface area contributed by atoms with Crippen molar-refractivity contribution in [3.05, 3.63) is 88.5 Å². The summed E-state index contributed by atoms with van der Waals surface area (Å²) in [7, 11) is 0. The molecule has 144 valence electrons. The number of fused-ring (bicyclic) bond motifs is 3. The maximum atomic E-state index is 13.7. The smallest absolute Gasteiger partial charge is 0.407 e. The second kappa shape index (κ2) is 8.34. The molecule has 29 heavy (non-hydrogen) atoms. The Kier molecular flexibility index (Phi) is 5.46. The molecular weight excluding hydrogens is 391 g/mol. The van der Waals surface area contributed by atoms with E-state index in [1.807, 2.05) is 24.3 Å². The number of rotatable bonds is 3. The van der Waals surface area contributed by atoms with E-state index in [1.165, 1.54) is 23.4 Å². The lowest BCUT2D eigenvalue weighted by molar-refractivity contribution is 0.144. The van der Waals surface area contributed by atoms with E-state index >= 15 is 0 Å². The molecule has 0 atom stereocenters. The molecule has 4 nitrogen and oxygen atoms in total. The van der Waals surface area contributed by atoms with Crippen molar-refractivity contribution < 1.29 is 13.9 Å². The van der Waals surface area contributed by atoms with Crippen LogP contribution < -0.4 is 5.32 Å². The van der Waals surface area contributed by atoms with Crippen LogP contribution in [0.5, 0.6) is 0 Å². The molecule has 1 amide bonds. The van der Waals surface area contributed by atoms with Gasteiger partial charge in [-0.05, 0) is 28.3 Å². The molecule has 6 heteroatoms. The quantitative estimate of drug-likeness (QED) is 0.503. The molecule has 0 bridgehead atoms. The van der Waals surface area contributed by atoms with Gasteiger partial charge in [0, 0.05) is 12.1 Å². The lowest BCUT2D eigenvalue weighted by Crippen LogP contribution is -2.26. The Morgan fingerprint density at radius 3 is 2.45 bits per heavy atom. The van der Waals surface area contributed by atoms with Gasteiger partial charge in [0.1, 0.15) is 6.61 Å². The highest BCUT2D eigenvalue weighted by molar-refractivity contribution is 6.29. The summed E-state index contributed by atoms with van der Waals surface area (Å²) in [5.74, 6) is 4.60. The van der Waals surface area contributed by atoms with Crippen LogP contribution in [0.2, 0.25) is 5.15 Å². The number of aromatic nitrogens is 1. The summed E-state index contributed by atoms with van der Waals surface area (Å²) in [5, 5.41) is 2.32. The molecule has 0 unspecified atom stereocenters. The van der Waals surface area contributed by atoms with Crippen molar-refractivity contribution >= 4 is 17.7 Å². The molecule has 1 aliphatic carbocycles. The summed E-state index contributed by atoms with van der Waals surface area (Å²) in [4.78, 5) is 15.7. The summed E-state index contributed by atoms with van der Waals surface area (Å²) in [6.07, 6.45) is 0.795. The topological polar surface area (TPSA) is 51.2 Å². The number of alkyl carbamates (subject to hydrolysis) is 1. The molecule has 1 aliphatic rings. The highest BCUT2D eigenvalue weighted by Gasteiger charge is 2.28. The Morgan fingerprint density at radius 2 is 1.76 bits per heavy atom. The summed E-state index contributed by atoms with van der Waals surface area (Å²) < 4.78 is 19.1. The molecule has 1 aromatic heterocycles. The number of nitrogens with one attached hydrogen (secondary N) is 1. The highest BCUT2D eigenvalue weighted by atomic mass is 35.5. The number of benzene rings is 2. The van der Waals surface area contributed by atoms with Crippen LogP contribution in [0.4, 0.5) is 9.18 Å². The van der Waals surface area contributed by atoms with Crippen LogP contribution in [0.15, 0.2) is 60.8 Å². The highest BCUT2D eigenvalue weighted by Crippen LogP contribution is 2.44. The van der Waals surface area contributed by atoms with Crippen molar-refractivity contribution in [1.82, 2.24) is 10.3 Å². The van der Waals surface area contributed by atoms with Gasteiger partial charge in [-0.3, -0.25) is 0 Å². The van der Waals surface area contributed by atoms with Crippen molar-refractivity contribution in [1.29, 1.82) is 0 Å². The number of amides is 1. The number of halogens is 2. The van der Waals surface area contributed by atoms with Gasteiger partial charge in [-0.25, -0.2) is 14.2 Å². The second-order valence-electron chi connectivity index (χ2n) is 6.44. The molecule has 0 fully saturated rings. The Labute approximate surface area is 172 Å². The van der Waals surface area contributed by atoms with Crippen molar-refractivity contribution in [3.63, 3.8) is 0 Å². The van der Waals surface area contributed by atoms with Gasteiger partial charge in [0.2, 0.25) is 0 Å². The first-order valence-electron chi connectivity index (χ1n) is 9.03. The van der Waals surface area contributed by atoms with Crippen LogP contribution in [0.25, 0.3) is 11.1 Å². The number of carbonyl (C=O) groups is 1. The van der Waals surface area contributed by atoms with Gasteiger partial charge in [0.05, 0.1) is 12.1 Å². The zero-order valence-corrected chi connectivity index (χ0v) is 16.0. The first-order chi connectivity index (χ1) is 14.1. The lowest BCUT2D eigenvalue weighted by atomic mass is 9.98. The van der Waals surface area contributed by atoms with Crippen LogP contribution in [0, 0.1) is 17.7 Å². The summed E-state index contributed by atoms with van der Waals surface area (Å²) >= 11 is 5.61. The monoisotopic (exact) mass is 406 g/mol. The van der Waals surface area contributed by atoms with Crippen LogP contribution in [0.1, 0.15) is 22.6 Å². The number of hydrogen-bond acceptors (Lipinski definition) is 3. The van der Waals surface area contributed by atoms with E-state index in [2.05, 4.69) is 46.4 Å². The molecule has 0 saturated carbocycles. The average Bonchev–Trinajstić information content (AvgIpc) is 3.06. The fraction of sp³-hybridized carbons (Fsp3) is 0.130. The van der Waals surface area contributed by atoms with Gasteiger partial charge in [0.25, 0.3) is 0 Å². The largest absolute Gasteiger partial charge is 0.449 e. The number of pyridine rings is 1. The molecular formula is C23H16ClFN2O2. The number of carbonyl (C=O) groups excluding carboxylic acids is 1. The Morgan fingerprint density at radius 1 is 1.10 bits per heavy atom. The van der Waals surface area contributed by atoms with Gasteiger partial charge in [-0.1, -0.05) is 72.0 Å². The minimum atomic E-state index is -0.678. The second-order valence-corrected chi connectivity index (χ2v) is 6.80. The van der Waals surface area contributed by atoms with Gasteiger partial charge < -0.3 is 10.1 Å². The molecule has 0 aliphatic heterocycles.